The SMILES string of the molecule is Cc1ncsc1-c1ccc(CNC(=O)C2CCCN2C(=O)C(NC(=O)COc2cnc(N3CCN(CC(=O)Nc4nc5ccc(-c6cncc(N(C)C(=O)OC(C)C)c6)cc5s4)CC3)nc2)C(C)(C)C)cc1. The van der Waals surface area contributed by atoms with E-state index in [2.05, 4.69) is 45.8 Å². The standard InChI is InChI=1S/C51H60N12O7S2/c1-31(2)70-50(68)60(7)37-21-36(24-52-25-37)35-14-15-39-41(22-35)72-49(57-39)59-42(64)28-61-17-19-62(20-18-61)48-54-26-38(27-55-48)69-29-43(65)58-45(51(4,5)6)47(67)63-16-8-9-40(63)46(66)53-23-33-10-12-34(13-11-33)44-32(3)56-30-71-44/h10-15,21-22,24-27,30-31,40,45H,8-9,16-20,23,28-29H2,1-7H3,(H,53,66)(H,58,65)(H,57,59,64). The Morgan fingerprint density at radius 1 is 0.875 bits per heavy atom. The maximum absolute atomic E-state index is 14.1. The fraction of sp³-hybridized carbons (Fsp3) is 0.412. The number of hydrogen-bond donors (Lipinski definition) is 3. The van der Waals surface area contributed by atoms with Crippen LogP contribution < -0.4 is 30.5 Å². The topological polar surface area (TPSA) is 217 Å². The number of carbonyl (C=O) groups is 5. The molecule has 19 nitrogen and oxygen atoms in total. The van der Waals surface area contributed by atoms with E-state index in [4.69, 9.17) is 9.47 Å². The molecule has 0 spiro atoms. The molecule has 378 valence electrons. The van der Waals surface area contributed by atoms with Gasteiger partial charge in [-0.05, 0) is 73.9 Å². The van der Waals surface area contributed by atoms with Gasteiger partial charge < -0.3 is 35.2 Å². The van der Waals surface area contributed by atoms with Gasteiger partial charge in [0.25, 0.3) is 5.91 Å². The van der Waals surface area contributed by atoms with Crippen LogP contribution >= 0.6 is 22.7 Å². The number of piperazine rings is 1. The fourth-order valence-corrected chi connectivity index (χ4v) is 10.2. The van der Waals surface area contributed by atoms with E-state index in [9.17, 15) is 24.0 Å². The van der Waals surface area contributed by atoms with Gasteiger partial charge in [-0.15, -0.1) is 11.3 Å². The highest BCUT2D eigenvalue weighted by atomic mass is 32.1. The Balaban J connectivity index is 0.769. The van der Waals surface area contributed by atoms with Gasteiger partial charge >= 0.3 is 6.09 Å². The number of fused-ring (bicyclic) bond motifs is 1. The van der Waals surface area contributed by atoms with Crippen LogP contribution in [0.1, 0.15) is 58.7 Å². The van der Waals surface area contributed by atoms with Gasteiger partial charge in [0.05, 0.1) is 63.2 Å². The molecule has 2 fully saturated rings. The lowest BCUT2D eigenvalue weighted by Crippen LogP contribution is -2.58. The molecule has 21 heteroatoms. The Morgan fingerprint density at radius 2 is 1.61 bits per heavy atom. The number of aryl methyl sites for hydroxylation is 1. The lowest BCUT2D eigenvalue weighted by molar-refractivity contribution is -0.144. The highest BCUT2D eigenvalue weighted by molar-refractivity contribution is 7.22. The van der Waals surface area contributed by atoms with E-state index in [0.717, 1.165) is 43.0 Å². The van der Waals surface area contributed by atoms with Gasteiger partial charge in [0, 0.05) is 58.1 Å². The number of carbonyl (C=O) groups excluding carboxylic acids is 5. The molecule has 2 aliphatic rings. The van der Waals surface area contributed by atoms with Crippen molar-refractivity contribution >= 4 is 79.4 Å². The van der Waals surface area contributed by atoms with Gasteiger partial charge in [-0.3, -0.25) is 34.0 Å². The molecule has 2 aromatic carbocycles. The molecule has 2 saturated heterocycles. The van der Waals surface area contributed by atoms with Crippen LogP contribution in [0.15, 0.2) is 78.8 Å². The molecule has 2 atom stereocenters. The van der Waals surface area contributed by atoms with E-state index in [1.165, 1.54) is 28.6 Å². The molecule has 0 aliphatic carbocycles. The van der Waals surface area contributed by atoms with Crippen molar-refractivity contribution in [2.45, 2.75) is 79.1 Å². The van der Waals surface area contributed by atoms with Crippen LogP contribution in [0.25, 0.3) is 31.8 Å². The second-order valence-electron chi connectivity index (χ2n) is 19.2. The molecule has 0 bridgehead atoms. The van der Waals surface area contributed by atoms with E-state index in [1.807, 2.05) is 86.6 Å². The molecule has 6 aromatic rings. The minimum Gasteiger partial charge on any atom is -0.481 e. The van der Waals surface area contributed by atoms with Crippen LogP contribution in [0.2, 0.25) is 0 Å². The van der Waals surface area contributed by atoms with Crippen molar-refractivity contribution in [1.29, 1.82) is 0 Å². The average Bonchev–Trinajstić information content (AvgIpc) is 4.14. The first kappa shape index (κ1) is 51.3. The van der Waals surface area contributed by atoms with E-state index < -0.39 is 29.5 Å². The number of likely N-dealkylation sites (tertiary alicyclic amines) is 1. The Morgan fingerprint density at radius 3 is 2.31 bits per heavy atom. The average molecular weight is 1020 g/mol. The molecular weight excluding hydrogens is 957 g/mol. The number of benzene rings is 2. The zero-order valence-electron chi connectivity index (χ0n) is 41.5. The minimum absolute atomic E-state index is 0.171. The number of amides is 5. The zero-order chi connectivity index (χ0) is 51.1. The summed E-state index contributed by atoms with van der Waals surface area (Å²) < 4.78 is 12.0. The van der Waals surface area contributed by atoms with Gasteiger partial charge in [-0.1, -0.05) is 62.4 Å². The maximum Gasteiger partial charge on any atom is 0.414 e. The summed E-state index contributed by atoms with van der Waals surface area (Å²) in [5, 5.41) is 9.34. The summed E-state index contributed by atoms with van der Waals surface area (Å²) in [6.07, 6.45) is 6.85. The predicted molar refractivity (Wildman–Crippen MR) is 278 cm³/mol. The third-order valence-electron chi connectivity index (χ3n) is 12.4. The van der Waals surface area contributed by atoms with Crippen LogP contribution in [-0.4, -0.2) is 136 Å². The van der Waals surface area contributed by atoms with Crippen molar-refractivity contribution in [3.63, 3.8) is 0 Å². The van der Waals surface area contributed by atoms with Crippen molar-refractivity contribution in [2.24, 2.45) is 5.41 Å². The highest BCUT2D eigenvalue weighted by Gasteiger charge is 2.42. The first-order chi connectivity index (χ1) is 34.5. The molecule has 0 saturated carbocycles. The lowest BCUT2D eigenvalue weighted by Gasteiger charge is -2.35. The third-order valence-corrected chi connectivity index (χ3v) is 14.3. The van der Waals surface area contributed by atoms with Crippen LogP contribution in [0.5, 0.6) is 5.75 Å². The molecular formula is C51H60N12O7S2. The van der Waals surface area contributed by atoms with Crippen molar-refractivity contribution in [2.75, 3.05) is 68.0 Å². The summed E-state index contributed by atoms with van der Waals surface area (Å²) in [7, 11) is 1.64. The molecule has 4 aromatic heterocycles. The molecule has 3 N–H and O–H groups in total. The lowest BCUT2D eigenvalue weighted by atomic mass is 9.85. The number of anilines is 3. The number of nitrogens with one attached hydrogen (secondary N) is 3. The molecule has 5 amide bonds. The first-order valence-electron chi connectivity index (χ1n) is 23.9. The Bertz CT molecular complexity index is 2900. The Labute approximate surface area is 426 Å². The Kier molecular flexibility index (Phi) is 16.0. The second-order valence-corrected chi connectivity index (χ2v) is 21.1. The first-order valence-corrected chi connectivity index (χ1v) is 25.6. The maximum atomic E-state index is 14.1. The molecule has 2 unspecified atom stereocenters. The highest BCUT2D eigenvalue weighted by Crippen LogP contribution is 2.33. The largest absolute Gasteiger partial charge is 0.481 e. The summed E-state index contributed by atoms with van der Waals surface area (Å²) in [6.45, 7) is 14.2. The summed E-state index contributed by atoms with van der Waals surface area (Å²) in [5.41, 5.74) is 7.23. The van der Waals surface area contributed by atoms with Crippen molar-refractivity contribution in [3.05, 3.63) is 90.1 Å². The zero-order valence-corrected chi connectivity index (χ0v) is 43.1. The van der Waals surface area contributed by atoms with Crippen molar-refractivity contribution < 1.29 is 33.4 Å². The number of ether oxygens (including phenoxy) is 2. The number of hydrogen-bond acceptors (Lipinski definition) is 16. The van der Waals surface area contributed by atoms with Crippen LogP contribution in [0.4, 0.5) is 21.6 Å². The van der Waals surface area contributed by atoms with Gasteiger partial charge in [0.15, 0.2) is 17.5 Å². The number of nitrogens with zero attached hydrogens (tertiary/aromatic N) is 9. The monoisotopic (exact) mass is 1020 g/mol. The van der Waals surface area contributed by atoms with Crippen molar-refractivity contribution in [3.8, 4) is 27.3 Å². The van der Waals surface area contributed by atoms with E-state index in [1.54, 1.807) is 49.5 Å². The van der Waals surface area contributed by atoms with E-state index in [0.29, 0.717) is 74.6 Å². The summed E-state index contributed by atoms with van der Waals surface area (Å²) >= 11 is 2.97. The number of rotatable bonds is 16. The van der Waals surface area contributed by atoms with Crippen molar-refractivity contribution in [1.82, 2.24) is 45.4 Å². The fourth-order valence-electron chi connectivity index (χ4n) is 8.46. The Hall–Kier alpha value is -7.10. The van der Waals surface area contributed by atoms with Gasteiger partial charge in [-0.2, -0.15) is 0 Å². The van der Waals surface area contributed by atoms with Crippen LogP contribution in [0.3, 0.4) is 0 Å². The van der Waals surface area contributed by atoms with Gasteiger partial charge in [-0.25, -0.2) is 24.7 Å². The van der Waals surface area contributed by atoms with Gasteiger partial charge in [0.1, 0.15) is 12.1 Å². The summed E-state index contributed by atoms with van der Waals surface area (Å²) in [4.78, 5) is 96.9. The van der Waals surface area contributed by atoms with Crippen LogP contribution in [-0.2, 0) is 30.5 Å². The van der Waals surface area contributed by atoms with Gasteiger partial charge in [0.2, 0.25) is 23.7 Å². The van der Waals surface area contributed by atoms with E-state index >= 15 is 0 Å². The normalized spacial score (nSPS) is 15.6. The molecule has 0 radical (unpaired) electrons. The van der Waals surface area contributed by atoms with E-state index in [-0.39, 0.29) is 37.0 Å². The third kappa shape index (κ3) is 12.7. The molecule has 8 rings (SSSR count). The quantitative estimate of drug-likeness (QED) is 0.0939. The smallest absolute Gasteiger partial charge is 0.414 e. The molecule has 2 aliphatic heterocycles. The minimum atomic E-state index is -0.901. The molecule has 72 heavy (non-hydrogen) atoms. The number of thiazole rings is 2. The second kappa shape index (κ2) is 22.5. The summed E-state index contributed by atoms with van der Waals surface area (Å²) in [5.74, 6) is -0.420. The molecule has 6 heterocycles. The van der Waals surface area contributed by atoms with Crippen LogP contribution in [0, 0.1) is 12.3 Å². The summed E-state index contributed by atoms with van der Waals surface area (Å²) in [6, 6.07) is 14.1. The number of pyridine rings is 1. The predicted octanol–water partition coefficient (Wildman–Crippen LogP) is 6.54. The number of aromatic nitrogens is 5.